The Morgan fingerprint density at radius 1 is 1.25 bits per heavy atom. The Morgan fingerprint density at radius 2 is 1.95 bits per heavy atom. The van der Waals surface area contributed by atoms with E-state index in [1.165, 1.54) is 45.4 Å². The molecule has 2 N–H and O–H groups in total. The Labute approximate surface area is 124 Å². The van der Waals surface area contributed by atoms with Crippen molar-refractivity contribution in [3.63, 3.8) is 0 Å². The van der Waals surface area contributed by atoms with Crippen molar-refractivity contribution in [3.8, 4) is 0 Å². The molecule has 0 bridgehead atoms. The average molecular weight is 283 g/mol. The van der Waals surface area contributed by atoms with Gasteiger partial charge in [0.15, 0.2) is 0 Å². The molecule has 0 aromatic heterocycles. The third-order valence-electron chi connectivity index (χ3n) is 4.91. The molecule has 2 fully saturated rings. The number of nitrogens with two attached hydrogens (primary N) is 1. The van der Waals surface area contributed by atoms with E-state index in [0.29, 0.717) is 12.1 Å². The maximum Gasteiger partial charge on any atom is 0.0710 e. The normalized spacial score (nSPS) is 29.7. The van der Waals surface area contributed by atoms with Crippen molar-refractivity contribution in [3.05, 3.63) is 0 Å². The summed E-state index contributed by atoms with van der Waals surface area (Å²) in [6, 6.07) is 0.684. The molecule has 2 heterocycles. The van der Waals surface area contributed by atoms with Crippen LogP contribution in [-0.2, 0) is 4.74 Å². The van der Waals surface area contributed by atoms with Crippen LogP contribution in [0.5, 0.6) is 0 Å². The lowest BCUT2D eigenvalue weighted by molar-refractivity contribution is -0.0353. The number of rotatable bonds is 6. The monoisotopic (exact) mass is 283 g/mol. The first kappa shape index (κ1) is 16.2. The minimum Gasteiger partial charge on any atom is -0.371 e. The summed E-state index contributed by atoms with van der Waals surface area (Å²) in [4.78, 5) is 5.21. The summed E-state index contributed by atoms with van der Waals surface area (Å²) >= 11 is 0. The molecular formula is C16H33N3O. The number of ether oxygens (including phenoxy) is 1. The summed E-state index contributed by atoms with van der Waals surface area (Å²) in [6.07, 6.45) is 5.22. The van der Waals surface area contributed by atoms with E-state index in [-0.39, 0.29) is 5.60 Å². The highest BCUT2D eigenvalue weighted by atomic mass is 16.5. The van der Waals surface area contributed by atoms with Gasteiger partial charge in [0, 0.05) is 38.8 Å². The lowest BCUT2D eigenvalue weighted by Crippen LogP contribution is -2.52. The Kier molecular flexibility index (Phi) is 5.84. The Morgan fingerprint density at radius 3 is 2.45 bits per heavy atom. The zero-order valence-electron chi connectivity index (χ0n) is 13.6. The lowest BCUT2D eigenvalue weighted by Gasteiger charge is -2.39. The van der Waals surface area contributed by atoms with Crippen molar-refractivity contribution in [1.82, 2.24) is 9.80 Å². The zero-order chi connectivity index (χ0) is 14.6. The highest BCUT2D eigenvalue weighted by molar-refractivity contribution is 4.85. The van der Waals surface area contributed by atoms with Crippen molar-refractivity contribution < 1.29 is 4.74 Å². The molecule has 0 aromatic rings. The van der Waals surface area contributed by atoms with Crippen LogP contribution in [-0.4, -0.2) is 66.8 Å². The summed E-state index contributed by atoms with van der Waals surface area (Å²) in [5, 5.41) is 0. The first-order valence-corrected chi connectivity index (χ1v) is 8.38. The van der Waals surface area contributed by atoms with E-state index < -0.39 is 0 Å². The molecule has 4 nitrogen and oxygen atoms in total. The lowest BCUT2D eigenvalue weighted by atomic mass is 10.1. The second kappa shape index (κ2) is 7.21. The van der Waals surface area contributed by atoms with E-state index in [1.807, 2.05) is 0 Å². The van der Waals surface area contributed by atoms with Crippen molar-refractivity contribution in [2.75, 3.05) is 39.3 Å². The number of nitrogens with zero attached hydrogens (tertiary/aromatic N) is 2. The van der Waals surface area contributed by atoms with Crippen LogP contribution in [0.4, 0.5) is 0 Å². The van der Waals surface area contributed by atoms with Crippen LogP contribution >= 0.6 is 0 Å². The molecule has 2 atom stereocenters. The van der Waals surface area contributed by atoms with E-state index in [0.717, 1.165) is 19.5 Å². The summed E-state index contributed by atoms with van der Waals surface area (Å²) in [6.45, 7) is 13.4. The molecule has 0 amide bonds. The molecular weight excluding hydrogens is 250 g/mol. The largest absolute Gasteiger partial charge is 0.371 e. The summed E-state index contributed by atoms with van der Waals surface area (Å²) in [5.74, 6) is 0. The van der Waals surface area contributed by atoms with E-state index in [2.05, 4.69) is 30.6 Å². The van der Waals surface area contributed by atoms with Gasteiger partial charge in [0.05, 0.1) is 11.7 Å². The van der Waals surface area contributed by atoms with Gasteiger partial charge < -0.3 is 10.5 Å². The van der Waals surface area contributed by atoms with Gasteiger partial charge in [-0.15, -0.1) is 0 Å². The molecule has 0 saturated carbocycles. The van der Waals surface area contributed by atoms with Crippen molar-refractivity contribution in [1.29, 1.82) is 0 Å². The molecule has 4 heteroatoms. The average Bonchev–Trinajstić information content (AvgIpc) is 2.76. The van der Waals surface area contributed by atoms with Gasteiger partial charge in [-0.05, 0) is 46.1 Å². The molecule has 118 valence electrons. The van der Waals surface area contributed by atoms with Gasteiger partial charge >= 0.3 is 0 Å². The fourth-order valence-corrected chi connectivity index (χ4v) is 3.64. The van der Waals surface area contributed by atoms with Gasteiger partial charge in [-0.2, -0.15) is 0 Å². The molecule has 0 aromatic carbocycles. The van der Waals surface area contributed by atoms with E-state index in [9.17, 15) is 0 Å². The second-order valence-corrected chi connectivity index (χ2v) is 7.01. The predicted octanol–water partition coefficient (Wildman–Crippen LogP) is 1.69. The topological polar surface area (TPSA) is 41.7 Å². The maximum absolute atomic E-state index is 6.11. The molecule has 0 radical (unpaired) electrons. The van der Waals surface area contributed by atoms with Crippen molar-refractivity contribution in [2.24, 2.45) is 5.73 Å². The van der Waals surface area contributed by atoms with Gasteiger partial charge in [-0.3, -0.25) is 9.80 Å². The molecule has 0 aliphatic carbocycles. The molecule has 2 saturated heterocycles. The quantitative estimate of drug-likeness (QED) is 0.805. The summed E-state index contributed by atoms with van der Waals surface area (Å²) in [5.41, 5.74) is 5.82. The minimum absolute atomic E-state index is 0.0981. The van der Waals surface area contributed by atoms with Crippen LogP contribution in [0.25, 0.3) is 0 Å². The summed E-state index contributed by atoms with van der Waals surface area (Å²) in [7, 11) is 0. The number of hydrogen-bond donors (Lipinski definition) is 1. The van der Waals surface area contributed by atoms with Gasteiger partial charge in [0.2, 0.25) is 0 Å². The maximum atomic E-state index is 6.11. The standard InChI is InChI=1S/C16H33N3O/c1-4-14(6-8-17)19-11-9-18(10-12-19)13-15-5-7-16(2,3)20-15/h14-15H,4-13,17H2,1-3H3. The van der Waals surface area contributed by atoms with Crippen LogP contribution < -0.4 is 5.73 Å². The second-order valence-electron chi connectivity index (χ2n) is 7.01. The fourth-order valence-electron chi connectivity index (χ4n) is 3.64. The van der Waals surface area contributed by atoms with Gasteiger partial charge in [0.1, 0.15) is 0 Å². The first-order valence-electron chi connectivity index (χ1n) is 8.38. The molecule has 2 rings (SSSR count). The Bertz CT molecular complexity index is 287. The van der Waals surface area contributed by atoms with Gasteiger partial charge in [0.25, 0.3) is 0 Å². The smallest absolute Gasteiger partial charge is 0.0710 e. The molecule has 2 aliphatic rings. The summed E-state index contributed by atoms with van der Waals surface area (Å²) < 4.78 is 6.11. The Hall–Kier alpha value is -0.160. The molecule has 0 spiro atoms. The highest BCUT2D eigenvalue weighted by Crippen LogP contribution is 2.29. The molecule has 2 unspecified atom stereocenters. The SMILES string of the molecule is CCC(CCN)N1CCN(CC2CCC(C)(C)O2)CC1. The van der Waals surface area contributed by atoms with E-state index in [4.69, 9.17) is 10.5 Å². The highest BCUT2D eigenvalue weighted by Gasteiger charge is 2.33. The van der Waals surface area contributed by atoms with Crippen molar-refractivity contribution >= 4 is 0 Å². The third kappa shape index (κ3) is 4.42. The van der Waals surface area contributed by atoms with Crippen LogP contribution in [0, 0.1) is 0 Å². The van der Waals surface area contributed by atoms with Crippen LogP contribution in [0.3, 0.4) is 0 Å². The predicted molar refractivity (Wildman–Crippen MR) is 83.9 cm³/mol. The zero-order valence-corrected chi connectivity index (χ0v) is 13.6. The van der Waals surface area contributed by atoms with E-state index >= 15 is 0 Å². The third-order valence-corrected chi connectivity index (χ3v) is 4.91. The van der Waals surface area contributed by atoms with Crippen LogP contribution in [0.1, 0.15) is 46.5 Å². The molecule has 20 heavy (non-hydrogen) atoms. The Balaban J connectivity index is 1.71. The molecule has 2 aliphatic heterocycles. The van der Waals surface area contributed by atoms with Gasteiger partial charge in [-0.25, -0.2) is 0 Å². The van der Waals surface area contributed by atoms with Crippen molar-refractivity contribution in [2.45, 2.75) is 64.2 Å². The number of piperazine rings is 1. The van der Waals surface area contributed by atoms with Crippen LogP contribution in [0.15, 0.2) is 0 Å². The van der Waals surface area contributed by atoms with Crippen LogP contribution in [0.2, 0.25) is 0 Å². The van der Waals surface area contributed by atoms with Gasteiger partial charge in [-0.1, -0.05) is 6.92 Å². The number of hydrogen-bond acceptors (Lipinski definition) is 4. The minimum atomic E-state index is 0.0981. The first-order chi connectivity index (χ1) is 9.54. The van der Waals surface area contributed by atoms with E-state index in [1.54, 1.807) is 0 Å². The fraction of sp³-hybridized carbons (Fsp3) is 1.00.